The van der Waals surface area contributed by atoms with E-state index in [1.165, 1.54) is 116 Å². The van der Waals surface area contributed by atoms with Gasteiger partial charge in [0.05, 0.1) is 6.10 Å². The molecule has 0 spiro atoms. The van der Waals surface area contributed by atoms with Gasteiger partial charge in [0, 0.05) is 12.8 Å². The lowest BCUT2D eigenvalue weighted by atomic mass is 10.0. The Hall–Kier alpha value is -0.370. The zero-order chi connectivity index (χ0) is 22.8. The fourth-order valence-corrected chi connectivity index (χ4v) is 4.53. The first-order chi connectivity index (χ1) is 15.2. The van der Waals surface area contributed by atoms with Crippen LogP contribution in [0.4, 0.5) is 0 Å². The molecule has 0 aliphatic heterocycles. The smallest absolute Gasteiger partial charge is 0.132 e. The Morgan fingerprint density at radius 2 is 0.839 bits per heavy atom. The van der Waals surface area contributed by atoms with Gasteiger partial charge >= 0.3 is 0 Å². The van der Waals surface area contributed by atoms with Gasteiger partial charge in [-0.05, 0) is 25.7 Å². The summed E-state index contributed by atoms with van der Waals surface area (Å²) >= 11 is 0. The van der Waals surface area contributed by atoms with E-state index in [4.69, 9.17) is 0 Å². The summed E-state index contributed by atoms with van der Waals surface area (Å²) < 4.78 is 0. The van der Waals surface area contributed by atoms with Crippen molar-refractivity contribution in [3.63, 3.8) is 0 Å². The quantitative estimate of drug-likeness (QED) is 0.136. The van der Waals surface area contributed by atoms with E-state index in [1.807, 2.05) is 0 Å². The second-order valence-electron chi connectivity index (χ2n) is 9.99. The molecule has 2 heteroatoms. The van der Waals surface area contributed by atoms with Gasteiger partial charge in [0.1, 0.15) is 5.78 Å². The number of ketones is 1. The number of carbonyl (C=O) groups excluding carboxylic acids is 1. The molecular weight excluding hydrogens is 380 g/mol. The van der Waals surface area contributed by atoms with E-state index in [9.17, 15) is 9.90 Å². The molecule has 0 radical (unpaired) electrons. The maximum atomic E-state index is 12.0. The highest BCUT2D eigenvalue weighted by molar-refractivity contribution is 5.78. The standard InChI is InChI=1S/C29H58O2/c1-3-5-6-7-8-12-15-19-22-26-29(31)27-23-20-17-14-11-9-10-13-16-18-21-25-28(30)24-4-2/h28,30H,3-27H2,1-2H3/t28-/m1/s1. The second kappa shape index (κ2) is 25.9. The zero-order valence-corrected chi connectivity index (χ0v) is 21.6. The molecule has 0 aliphatic rings. The van der Waals surface area contributed by atoms with Gasteiger partial charge < -0.3 is 5.11 Å². The summed E-state index contributed by atoms with van der Waals surface area (Å²) in [6.45, 7) is 4.41. The highest BCUT2D eigenvalue weighted by Gasteiger charge is 2.03. The van der Waals surface area contributed by atoms with E-state index in [-0.39, 0.29) is 6.10 Å². The van der Waals surface area contributed by atoms with Crippen LogP contribution in [0.2, 0.25) is 0 Å². The van der Waals surface area contributed by atoms with E-state index in [0.29, 0.717) is 5.78 Å². The summed E-state index contributed by atoms with van der Waals surface area (Å²) in [5.74, 6) is 0.505. The molecule has 31 heavy (non-hydrogen) atoms. The molecule has 0 aromatic rings. The molecule has 0 bridgehead atoms. The van der Waals surface area contributed by atoms with Gasteiger partial charge in [0.15, 0.2) is 0 Å². The Morgan fingerprint density at radius 3 is 1.23 bits per heavy atom. The van der Waals surface area contributed by atoms with Crippen LogP contribution in [0.5, 0.6) is 0 Å². The van der Waals surface area contributed by atoms with Gasteiger partial charge in [-0.1, -0.05) is 136 Å². The lowest BCUT2D eigenvalue weighted by Gasteiger charge is -2.08. The monoisotopic (exact) mass is 438 g/mol. The van der Waals surface area contributed by atoms with Gasteiger partial charge in [-0.2, -0.15) is 0 Å². The van der Waals surface area contributed by atoms with Crippen LogP contribution in [0.25, 0.3) is 0 Å². The summed E-state index contributed by atoms with van der Waals surface area (Å²) in [6, 6.07) is 0. The molecule has 2 nitrogen and oxygen atoms in total. The molecular formula is C29H58O2. The van der Waals surface area contributed by atoms with Crippen molar-refractivity contribution in [3.05, 3.63) is 0 Å². The Balaban J connectivity index is 3.17. The van der Waals surface area contributed by atoms with E-state index in [2.05, 4.69) is 13.8 Å². The van der Waals surface area contributed by atoms with Crippen molar-refractivity contribution in [2.75, 3.05) is 0 Å². The minimum Gasteiger partial charge on any atom is -0.393 e. The average Bonchev–Trinajstić information content (AvgIpc) is 2.76. The van der Waals surface area contributed by atoms with Crippen LogP contribution in [0, 0.1) is 0 Å². The first-order valence-corrected chi connectivity index (χ1v) is 14.4. The van der Waals surface area contributed by atoms with Crippen molar-refractivity contribution in [2.24, 2.45) is 0 Å². The normalized spacial score (nSPS) is 12.4. The number of carbonyl (C=O) groups is 1. The largest absolute Gasteiger partial charge is 0.393 e. The van der Waals surface area contributed by atoms with Crippen molar-refractivity contribution in [2.45, 2.75) is 180 Å². The van der Waals surface area contributed by atoms with Crippen LogP contribution in [-0.4, -0.2) is 17.0 Å². The summed E-state index contributed by atoms with van der Waals surface area (Å²) in [5, 5.41) is 9.72. The number of aliphatic hydroxyl groups excluding tert-OH is 1. The number of aliphatic hydroxyl groups is 1. The molecule has 0 aromatic carbocycles. The molecule has 0 unspecified atom stereocenters. The summed E-state index contributed by atoms with van der Waals surface area (Å²) in [5.41, 5.74) is 0. The van der Waals surface area contributed by atoms with Crippen LogP contribution in [0.1, 0.15) is 174 Å². The van der Waals surface area contributed by atoms with Gasteiger partial charge in [-0.3, -0.25) is 4.79 Å². The van der Waals surface area contributed by atoms with E-state index in [1.54, 1.807) is 0 Å². The summed E-state index contributed by atoms with van der Waals surface area (Å²) in [7, 11) is 0. The van der Waals surface area contributed by atoms with Gasteiger partial charge in [0.2, 0.25) is 0 Å². The average molecular weight is 439 g/mol. The number of hydrogen-bond donors (Lipinski definition) is 1. The van der Waals surface area contributed by atoms with Crippen LogP contribution < -0.4 is 0 Å². The molecule has 0 saturated carbocycles. The van der Waals surface area contributed by atoms with Gasteiger partial charge in [-0.25, -0.2) is 0 Å². The van der Waals surface area contributed by atoms with Crippen molar-refractivity contribution < 1.29 is 9.90 Å². The topological polar surface area (TPSA) is 37.3 Å². The lowest BCUT2D eigenvalue weighted by Crippen LogP contribution is -2.04. The van der Waals surface area contributed by atoms with Crippen molar-refractivity contribution in [1.29, 1.82) is 0 Å². The Labute approximate surface area is 196 Å². The summed E-state index contributed by atoms with van der Waals surface area (Å²) in [4.78, 5) is 12.0. The fraction of sp³-hybridized carbons (Fsp3) is 0.966. The van der Waals surface area contributed by atoms with E-state index >= 15 is 0 Å². The molecule has 1 N–H and O–H groups in total. The predicted molar refractivity (Wildman–Crippen MR) is 138 cm³/mol. The third-order valence-corrected chi connectivity index (χ3v) is 6.67. The molecule has 0 aromatic heterocycles. The Bertz CT molecular complexity index is 353. The predicted octanol–water partition coefficient (Wildman–Crippen LogP) is 9.71. The van der Waals surface area contributed by atoms with Gasteiger partial charge in [-0.15, -0.1) is 0 Å². The first kappa shape index (κ1) is 30.6. The van der Waals surface area contributed by atoms with E-state index in [0.717, 1.165) is 44.9 Å². The minimum absolute atomic E-state index is 0.0600. The number of unbranched alkanes of at least 4 members (excludes halogenated alkanes) is 18. The summed E-state index contributed by atoms with van der Waals surface area (Å²) in [6.07, 6.45) is 30.9. The number of Topliss-reactive ketones (excluding diaryl/α,β-unsaturated/α-hetero) is 1. The SMILES string of the molecule is CCCCCCCCCCCC(=O)CCCCCCCCCCCCC[C@H](O)CCC. The third kappa shape index (κ3) is 25.8. The molecule has 0 saturated heterocycles. The molecule has 0 fully saturated rings. The van der Waals surface area contributed by atoms with Crippen LogP contribution in [-0.2, 0) is 4.79 Å². The first-order valence-electron chi connectivity index (χ1n) is 14.4. The van der Waals surface area contributed by atoms with Crippen LogP contribution in [0.15, 0.2) is 0 Å². The Morgan fingerprint density at radius 1 is 0.484 bits per heavy atom. The van der Waals surface area contributed by atoms with Crippen molar-refractivity contribution >= 4 is 5.78 Å². The second-order valence-corrected chi connectivity index (χ2v) is 9.99. The molecule has 0 rings (SSSR count). The molecule has 0 amide bonds. The van der Waals surface area contributed by atoms with Crippen molar-refractivity contribution in [3.8, 4) is 0 Å². The molecule has 1 atom stereocenters. The van der Waals surface area contributed by atoms with E-state index < -0.39 is 0 Å². The maximum Gasteiger partial charge on any atom is 0.132 e. The Kier molecular flexibility index (Phi) is 25.6. The van der Waals surface area contributed by atoms with Crippen LogP contribution >= 0.6 is 0 Å². The fourth-order valence-electron chi connectivity index (χ4n) is 4.53. The highest BCUT2D eigenvalue weighted by Crippen LogP contribution is 2.15. The lowest BCUT2D eigenvalue weighted by molar-refractivity contribution is -0.119. The minimum atomic E-state index is -0.0600. The highest BCUT2D eigenvalue weighted by atomic mass is 16.3. The third-order valence-electron chi connectivity index (χ3n) is 6.67. The molecule has 0 aliphatic carbocycles. The van der Waals surface area contributed by atoms with Crippen LogP contribution in [0.3, 0.4) is 0 Å². The molecule has 186 valence electrons. The number of rotatable bonds is 26. The van der Waals surface area contributed by atoms with Gasteiger partial charge in [0.25, 0.3) is 0 Å². The zero-order valence-electron chi connectivity index (χ0n) is 21.6. The maximum absolute atomic E-state index is 12.0. The van der Waals surface area contributed by atoms with Crippen molar-refractivity contribution in [1.82, 2.24) is 0 Å². The molecule has 0 heterocycles. The number of hydrogen-bond acceptors (Lipinski definition) is 2.